The van der Waals surface area contributed by atoms with Crippen LogP contribution >= 0.6 is 0 Å². The zero-order chi connectivity index (χ0) is 15.4. The summed E-state index contributed by atoms with van der Waals surface area (Å²) in [6.07, 6.45) is 0. The third-order valence-electron chi connectivity index (χ3n) is 3.55. The van der Waals surface area contributed by atoms with Gasteiger partial charge in [0.05, 0.1) is 0 Å². The van der Waals surface area contributed by atoms with Gasteiger partial charge in [-0.2, -0.15) is 0 Å². The molecule has 2 N–H and O–H groups in total. The molecular weight excluding hydrogens is 274 g/mol. The first kappa shape index (κ1) is 14.0. The molecule has 0 aromatic heterocycles. The minimum absolute atomic E-state index is 0.422. The molecule has 22 heavy (non-hydrogen) atoms. The quantitative estimate of drug-likeness (QED) is 0.562. The van der Waals surface area contributed by atoms with E-state index in [1.807, 2.05) is 42.5 Å². The molecule has 3 aromatic rings. The van der Waals surface area contributed by atoms with Crippen molar-refractivity contribution in [1.29, 1.82) is 0 Å². The van der Waals surface area contributed by atoms with Crippen LogP contribution in [0, 0.1) is 0 Å². The second-order valence-electron chi connectivity index (χ2n) is 4.97. The van der Waals surface area contributed by atoms with Gasteiger partial charge in [0.25, 0.3) is 5.91 Å². The fraction of sp³-hybridized carbons (Fsp3) is 0. The summed E-state index contributed by atoms with van der Waals surface area (Å²) in [5.41, 5.74) is 6.47. The van der Waals surface area contributed by atoms with E-state index < -0.39 is 5.91 Å². The van der Waals surface area contributed by atoms with Gasteiger partial charge in [-0.1, -0.05) is 60.7 Å². The monoisotopic (exact) mass is 289 g/mol. The standard InChI is InChI=1S/C19H15NO2/c21-19(20-22)16-11-9-15(10-12-16)18-8-4-7-17(13-18)14-5-2-1-3-6-14/h1-13,22H,(H,20,21). The van der Waals surface area contributed by atoms with Crippen molar-refractivity contribution in [2.24, 2.45) is 0 Å². The van der Waals surface area contributed by atoms with Gasteiger partial charge in [-0.3, -0.25) is 10.0 Å². The fourth-order valence-corrected chi connectivity index (χ4v) is 2.39. The number of rotatable bonds is 3. The molecule has 3 heteroatoms. The lowest BCUT2D eigenvalue weighted by molar-refractivity contribution is 0.0706. The number of hydrogen-bond donors (Lipinski definition) is 2. The molecule has 0 radical (unpaired) electrons. The molecule has 0 aliphatic heterocycles. The van der Waals surface area contributed by atoms with E-state index in [0.717, 1.165) is 16.7 Å². The number of carbonyl (C=O) groups excluding carboxylic acids is 1. The van der Waals surface area contributed by atoms with Crippen molar-refractivity contribution in [3.63, 3.8) is 0 Å². The van der Waals surface area contributed by atoms with E-state index in [1.165, 1.54) is 5.56 Å². The summed E-state index contributed by atoms with van der Waals surface area (Å²) >= 11 is 0. The van der Waals surface area contributed by atoms with Crippen molar-refractivity contribution in [3.05, 3.63) is 84.4 Å². The normalized spacial score (nSPS) is 10.2. The molecule has 3 rings (SSSR count). The molecule has 3 aromatic carbocycles. The van der Waals surface area contributed by atoms with Gasteiger partial charge in [0.1, 0.15) is 0 Å². The lowest BCUT2D eigenvalue weighted by atomic mass is 9.98. The van der Waals surface area contributed by atoms with Crippen LogP contribution in [0.2, 0.25) is 0 Å². The van der Waals surface area contributed by atoms with Crippen molar-refractivity contribution in [2.75, 3.05) is 0 Å². The maximum absolute atomic E-state index is 11.3. The van der Waals surface area contributed by atoms with Crippen LogP contribution in [0.1, 0.15) is 10.4 Å². The van der Waals surface area contributed by atoms with Gasteiger partial charge >= 0.3 is 0 Å². The highest BCUT2D eigenvalue weighted by Crippen LogP contribution is 2.26. The Morgan fingerprint density at radius 1 is 0.682 bits per heavy atom. The summed E-state index contributed by atoms with van der Waals surface area (Å²) in [6.45, 7) is 0. The second-order valence-corrected chi connectivity index (χ2v) is 4.97. The van der Waals surface area contributed by atoms with Crippen molar-refractivity contribution in [1.82, 2.24) is 5.48 Å². The highest BCUT2D eigenvalue weighted by Gasteiger charge is 2.05. The number of amides is 1. The summed E-state index contributed by atoms with van der Waals surface area (Å²) < 4.78 is 0. The third-order valence-corrected chi connectivity index (χ3v) is 3.55. The van der Waals surface area contributed by atoms with E-state index in [2.05, 4.69) is 24.3 Å². The Morgan fingerprint density at radius 2 is 1.23 bits per heavy atom. The minimum Gasteiger partial charge on any atom is -0.288 e. The van der Waals surface area contributed by atoms with Gasteiger partial charge in [0.2, 0.25) is 0 Å². The maximum Gasteiger partial charge on any atom is 0.274 e. The molecule has 0 heterocycles. The van der Waals surface area contributed by atoms with E-state index in [0.29, 0.717) is 5.56 Å². The largest absolute Gasteiger partial charge is 0.288 e. The Labute approximate surface area is 128 Å². The van der Waals surface area contributed by atoms with Gasteiger partial charge < -0.3 is 0 Å². The number of hydroxylamine groups is 1. The zero-order valence-corrected chi connectivity index (χ0v) is 11.9. The van der Waals surface area contributed by atoms with Crippen LogP contribution in [-0.4, -0.2) is 11.1 Å². The van der Waals surface area contributed by atoms with Crippen LogP contribution in [0.25, 0.3) is 22.3 Å². The smallest absolute Gasteiger partial charge is 0.274 e. The Balaban J connectivity index is 1.94. The summed E-state index contributed by atoms with van der Waals surface area (Å²) in [5, 5.41) is 8.64. The average molecular weight is 289 g/mol. The number of carbonyl (C=O) groups is 1. The Hall–Kier alpha value is -2.91. The molecule has 0 fully saturated rings. The van der Waals surface area contributed by atoms with Crippen molar-refractivity contribution in [2.45, 2.75) is 0 Å². The molecule has 0 saturated heterocycles. The summed E-state index contributed by atoms with van der Waals surface area (Å²) in [6, 6.07) is 25.6. The second kappa shape index (κ2) is 6.24. The first-order valence-electron chi connectivity index (χ1n) is 6.98. The summed E-state index contributed by atoms with van der Waals surface area (Å²) in [5.74, 6) is -0.510. The molecule has 0 atom stereocenters. The first-order chi connectivity index (χ1) is 10.8. The molecule has 0 bridgehead atoms. The Kier molecular flexibility index (Phi) is 3.99. The van der Waals surface area contributed by atoms with E-state index >= 15 is 0 Å². The summed E-state index contributed by atoms with van der Waals surface area (Å²) in [7, 11) is 0. The first-order valence-corrected chi connectivity index (χ1v) is 6.98. The van der Waals surface area contributed by atoms with Crippen LogP contribution in [-0.2, 0) is 0 Å². The SMILES string of the molecule is O=C(NO)c1ccc(-c2cccc(-c3ccccc3)c2)cc1. The maximum atomic E-state index is 11.3. The Bertz CT molecular complexity index is 780. The van der Waals surface area contributed by atoms with Crippen molar-refractivity contribution in [3.8, 4) is 22.3 Å². The Morgan fingerprint density at radius 3 is 1.82 bits per heavy atom. The zero-order valence-electron chi connectivity index (χ0n) is 11.9. The van der Waals surface area contributed by atoms with Crippen LogP contribution < -0.4 is 5.48 Å². The molecule has 0 unspecified atom stereocenters. The highest BCUT2D eigenvalue weighted by molar-refractivity contribution is 5.93. The van der Waals surface area contributed by atoms with Gasteiger partial charge in [0.15, 0.2) is 0 Å². The number of nitrogens with one attached hydrogen (secondary N) is 1. The van der Waals surface area contributed by atoms with E-state index in [9.17, 15) is 4.79 Å². The molecular formula is C19H15NO2. The molecule has 0 aliphatic carbocycles. The predicted octanol–water partition coefficient (Wildman–Crippen LogP) is 4.14. The van der Waals surface area contributed by atoms with Gasteiger partial charge in [-0.05, 0) is 40.5 Å². The topological polar surface area (TPSA) is 49.3 Å². The molecule has 108 valence electrons. The molecule has 0 spiro atoms. The van der Waals surface area contributed by atoms with Gasteiger partial charge in [-0.15, -0.1) is 0 Å². The highest BCUT2D eigenvalue weighted by atomic mass is 16.5. The third kappa shape index (κ3) is 2.90. The number of benzene rings is 3. The minimum atomic E-state index is -0.510. The fourth-order valence-electron chi connectivity index (χ4n) is 2.39. The van der Waals surface area contributed by atoms with Gasteiger partial charge in [0, 0.05) is 5.56 Å². The van der Waals surface area contributed by atoms with E-state index in [-0.39, 0.29) is 0 Å². The van der Waals surface area contributed by atoms with Crippen molar-refractivity contribution >= 4 is 5.91 Å². The predicted molar refractivity (Wildman–Crippen MR) is 86.6 cm³/mol. The summed E-state index contributed by atoms with van der Waals surface area (Å²) in [4.78, 5) is 11.3. The lowest BCUT2D eigenvalue weighted by Gasteiger charge is -2.07. The average Bonchev–Trinajstić information content (AvgIpc) is 2.62. The van der Waals surface area contributed by atoms with Crippen LogP contribution in [0.4, 0.5) is 0 Å². The van der Waals surface area contributed by atoms with Crippen LogP contribution in [0.5, 0.6) is 0 Å². The van der Waals surface area contributed by atoms with E-state index in [4.69, 9.17) is 5.21 Å². The van der Waals surface area contributed by atoms with E-state index in [1.54, 1.807) is 17.6 Å². The molecule has 0 aliphatic rings. The van der Waals surface area contributed by atoms with Crippen molar-refractivity contribution < 1.29 is 10.0 Å². The van der Waals surface area contributed by atoms with Gasteiger partial charge in [-0.25, -0.2) is 5.48 Å². The molecule has 0 saturated carbocycles. The molecule has 1 amide bonds. The van der Waals surface area contributed by atoms with Crippen LogP contribution in [0.3, 0.4) is 0 Å². The van der Waals surface area contributed by atoms with Crippen LogP contribution in [0.15, 0.2) is 78.9 Å². The molecule has 3 nitrogen and oxygen atoms in total. The lowest BCUT2D eigenvalue weighted by Crippen LogP contribution is -2.18. The number of hydrogen-bond acceptors (Lipinski definition) is 2.